The molecule has 0 aromatic heterocycles. The van der Waals surface area contributed by atoms with Crippen LogP contribution in [0.2, 0.25) is 5.02 Å². The third kappa shape index (κ3) is 9.33. The van der Waals surface area contributed by atoms with E-state index in [1.165, 1.54) is 4.31 Å². The number of aryl methyl sites for hydroxylation is 2. The molecule has 226 valence electrons. The number of carbonyl (C=O) groups excluding carboxylic acids is 2. The number of sulfonamides is 1. The van der Waals surface area contributed by atoms with Crippen LogP contribution in [0.4, 0.5) is 5.69 Å². The molecule has 42 heavy (non-hydrogen) atoms. The number of rotatable bonds is 14. The van der Waals surface area contributed by atoms with Crippen molar-refractivity contribution in [3.63, 3.8) is 0 Å². The normalized spacial score (nSPS) is 12.8. The van der Waals surface area contributed by atoms with Crippen LogP contribution in [0.1, 0.15) is 55.4 Å². The molecule has 3 aromatic carbocycles. The molecule has 0 fully saturated rings. The topological polar surface area (TPSA) is 86.8 Å². The number of amides is 2. The van der Waals surface area contributed by atoms with E-state index in [0.29, 0.717) is 17.1 Å². The summed E-state index contributed by atoms with van der Waals surface area (Å²) >= 11 is 6.18. The van der Waals surface area contributed by atoms with Crippen LogP contribution in [0.15, 0.2) is 72.8 Å². The van der Waals surface area contributed by atoms with Gasteiger partial charge in [-0.2, -0.15) is 0 Å². The Morgan fingerprint density at radius 3 is 2.26 bits per heavy atom. The molecule has 3 aromatic rings. The number of hydrogen-bond donors (Lipinski definition) is 1. The number of nitrogens with one attached hydrogen (secondary N) is 1. The summed E-state index contributed by atoms with van der Waals surface area (Å²) in [5, 5.41) is 3.51. The van der Waals surface area contributed by atoms with Crippen molar-refractivity contribution in [2.75, 3.05) is 17.1 Å². The summed E-state index contributed by atoms with van der Waals surface area (Å²) in [6.07, 6.45) is 2.61. The molecule has 3 rings (SSSR count). The first-order chi connectivity index (χ1) is 19.9. The Morgan fingerprint density at radius 2 is 1.62 bits per heavy atom. The van der Waals surface area contributed by atoms with Crippen LogP contribution in [0, 0.1) is 13.8 Å². The van der Waals surface area contributed by atoms with Crippen LogP contribution >= 0.6 is 11.6 Å². The van der Waals surface area contributed by atoms with E-state index in [1.807, 2.05) is 82.3 Å². The van der Waals surface area contributed by atoms with Crippen molar-refractivity contribution < 1.29 is 18.0 Å². The van der Waals surface area contributed by atoms with Crippen LogP contribution in [0.5, 0.6) is 0 Å². The summed E-state index contributed by atoms with van der Waals surface area (Å²) in [7, 11) is -3.63. The zero-order valence-electron chi connectivity index (χ0n) is 25.1. The van der Waals surface area contributed by atoms with Crippen LogP contribution < -0.4 is 9.62 Å². The number of nitrogens with zero attached hydrogens (tertiary/aromatic N) is 2. The van der Waals surface area contributed by atoms with Crippen molar-refractivity contribution in [3.05, 3.63) is 100 Å². The van der Waals surface area contributed by atoms with Gasteiger partial charge in [-0.25, -0.2) is 8.42 Å². The molecule has 0 saturated carbocycles. The summed E-state index contributed by atoms with van der Waals surface area (Å²) in [6.45, 7) is 8.13. The van der Waals surface area contributed by atoms with E-state index in [2.05, 4.69) is 5.32 Å². The highest BCUT2D eigenvalue weighted by Gasteiger charge is 2.31. The molecular weight excluding hydrogens is 570 g/mol. The maximum atomic E-state index is 14.0. The molecule has 0 bridgehead atoms. The molecule has 2 amide bonds. The molecule has 0 aliphatic rings. The summed E-state index contributed by atoms with van der Waals surface area (Å²) in [4.78, 5) is 29.4. The van der Waals surface area contributed by atoms with Gasteiger partial charge in [0.05, 0.1) is 11.9 Å². The lowest BCUT2D eigenvalue weighted by Gasteiger charge is -2.33. The highest BCUT2D eigenvalue weighted by atomic mass is 35.5. The van der Waals surface area contributed by atoms with Gasteiger partial charge in [0.25, 0.3) is 0 Å². The van der Waals surface area contributed by atoms with Gasteiger partial charge < -0.3 is 10.2 Å². The first-order valence-electron chi connectivity index (χ1n) is 14.3. The van der Waals surface area contributed by atoms with E-state index in [0.717, 1.165) is 34.9 Å². The number of carbonyl (C=O) groups is 2. The Kier molecular flexibility index (Phi) is 12.0. The summed E-state index contributed by atoms with van der Waals surface area (Å²) in [5.41, 5.74) is 4.18. The molecule has 0 aliphatic carbocycles. The fraction of sp³-hybridized carbons (Fsp3) is 0.394. The average molecular weight is 612 g/mol. The SMILES string of the molecule is CCC(C)NC(=O)C(Cc1ccccc1)N(Cc1ccccc1C)C(=O)CCCN(c1cc(Cl)ccc1C)S(C)(=O)=O. The van der Waals surface area contributed by atoms with E-state index >= 15 is 0 Å². The van der Waals surface area contributed by atoms with E-state index in [4.69, 9.17) is 11.6 Å². The zero-order chi connectivity index (χ0) is 30.9. The van der Waals surface area contributed by atoms with Gasteiger partial charge in [0, 0.05) is 37.0 Å². The Morgan fingerprint density at radius 1 is 0.952 bits per heavy atom. The fourth-order valence-corrected chi connectivity index (χ4v) is 5.98. The lowest BCUT2D eigenvalue weighted by molar-refractivity contribution is -0.141. The number of hydrogen-bond acceptors (Lipinski definition) is 4. The van der Waals surface area contributed by atoms with Gasteiger partial charge in [-0.3, -0.25) is 13.9 Å². The van der Waals surface area contributed by atoms with Crippen molar-refractivity contribution in [1.82, 2.24) is 10.2 Å². The monoisotopic (exact) mass is 611 g/mol. The number of halogens is 1. The largest absolute Gasteiger partial charge is 0.352 e. The molecule has 0 spiro atoms. The Bertz CT molecular complexity index is 1460. The van der Waals surface area contributed by atoms with E-state index in [9.17, 15) is 18.0 Å². The molecule has 2 atom stereocenters. The minimum Gasteiger partial charge on any atom is -0.352 e. The zero-order valence-corrected chi connectivity index (χ0v) is 26.7. The number of benzene rings is 3. The fourth-order valence-electron chi connectivity index (χ4n) is 4.80. The van der Waals surface area contributed by atoms with E-state index < -0.39 is 16.1 Å². The highest BCUT2D eigenvalue weighted by molar-refractivity contribution is 7.92. The molecule has 1 N–H and O–H groups in total. The lowest BCUT2D eigenvalue weighted by Crippen LogP contribution is -2.52. The van der Waals surface area contributed by atoms with Crippen molar-refractivity contribution >= 4 is 39.1 Å². The summed E-state index contributed by atoms with van der Waals surface area (Å²) in [5.74, 6) is -0.419. The van der Waals surface area contributed by atoms with Crippen molar-refractivity contribution in [2.24, 2.45) is 0 Å². The maximum Gasteiger partial charge on any atom is 0.243 e. The quantitative estimate of drug-likeness (QED) is 0.240. The predicted octanol–water partition coefficient (Wildman–Crippen LogP) is 6.06. The second kappa shape index (κ2) is 15.2. The highest BCUT2D eigenvalue weighted by Crippen LogP contribution is 2.27. The summed E-state index contributed by atoms with van der Waals surface area (Å²) in [6, 6.07) is 21.8. The van der Waals surface area contributed by atoms with Crippen molar-refractivity contribution in [1.29, 1.82) is 0 Å². The third-order valence-electron chi connectivity index (χ3n) is 7.47. The van der Waals surface area contributed by atoms with Crippen LogP contribution in [-0.4, -0.2) is 50.0 Å². The molecule has 0 aliphatic heterocycles. The molecule has 0 heterocycles. The maximum absolute atomic E-state index is 14.0. The molecule has 9 heteroatoms. The van der Waals surface area contributed by atoms with Gasteiger partial charge in [-0.05, 0) is 68.0 Å². The lowest BCUT2D eigenvalue weighted by atomic mass is 10.0. The molecule has 2 unspecified atom stereocenters. The van der Waals surface area contributed by atoms with Crippen LogP contribution in [-0.2, 0) is 32.6 Å². The minimum absolute atomic E-state index is 0.0459. The van der Waals surface area contributed by atoms with Gasteiger partial charge in [-0.1, -0.05) is 79.2 Å². The second-order valence-corrected chi connectivity index (χ2v) is 13.2. The second-order valence-electron chi connectivity index (χ2n) is 10.8. The first kappa shape index (κ1) is 33.1. The Labute approximate surface area is 255 Å². The van der Waals surface area contributed by atoms with Crippen LogP contribution in [0.3, 0.4) is 0 Å². The molecule has 0 saturated heterocycles. The molecule has 0 radical (unpaired) electrons. The van der Waals surface area contributed by atoms with Gasteiger partial charge in [0.2, 0.25) is 21.8 Å². The smallest absolute Gasteiger partial charge is 0.243 e. The summed E-state index contributed by atoms with van der Waals surface area (Å²) < 4.78 is 26.8. The molecular formula is C33H42ClN3O4S. The van der Waals surface area contributed by atoms with E-state index in [1.54, 1.807) is 23.1 Å². The minimum atomic E-state index is -3.63. The average Bonchev–Trinajstić information content (AvgIpc) is 2.95. The van der Waals surface area contributed by atoms with Gasteiger partial charge in [0.15, 0.2) is 0 Å². The van der Waals surface area contributed by atoms with Crippen molar-refractivity contribution in [2.45, 2.75) is 72.0 Å². The van der Waals surface area contributed by atoms with Crippen molar-refractivity contribution in [3.8, 4) is 0 Å². The van der Waals surface area contributed by atoms with E-state index in [-0.39, 0.29) is 43.8 Å². The standard InChI is InChI=1S/C33H42ClN3O4S/c1-6-26(4)35-33(39)31(21-27-14-8-7-9-15-27)36(23-28-16-11-10-13-24(28)2)32(38)17-12-20-37(42(5,40)41)30-22-29(34)19-18-25(30)3/h7-11,13-16,18-19,22,26,31H,6,12,17,20-21,23H2,1-5H3,(H,35,39). The van der Waals surface area contributed by atoms with Gasteiger partial charge >= 0.3 is 0 Å². The molecule has 7 nitrogen and oxygen atoms in total. The first-order valence-corrected chi connectivity index (χ1v) is 16.6. The van der Waals surface area contributed by atoms with Gasteiger partial charge in [-0.15, -0.1) is 0 Å². The van der Waals surface area contributed by atoms with Crippen LogP contribution in [0.25, 0.3) is 0 Å². The predicted molar refractivity (Wildman–Crippen MR) is 171 cm³/mol. The Hall–Kier alpha value is -3.36. The van der Waals surface area contributed by atoms with Gasteiger partial charge in [0.1, 0.15) is 6.04 Å². The third-order valence-corrected chi connectivity index (χ3v) is 8.88. The number of anilines is 1. The Balaban J connectivity index is 1.92.